The molecular formula is C12H15N3O3. The van der Waals surface area contributed by atoms with E-state index in [-0.39, 0.29) is 18.9 Å². The zero-order valence-corrected chi connectivity index (χ0v) is 9.93. The summed E-state index contributed by atoms with van der Waals surface area (Å²) in [7, 11) is 0. The Kier molecular flexibility index (Phi) is 5.01. The number of carboxylic acids is 1. The first kappa shape index (κ1) is 13.9. The van der Waals surface area contributed by atoms with Crippen LogP contribution in [0.4, 0.5) is 4.79 Å². The summed E-state index contributed by atoms with van der Waals surface area (Å²) in [5.41, 5.74) is 0. The Balaban J connectivity index is 2.57. The number of nitrogens with one attached hydrogen (secondary N) is 1. The predicted molar refractivity (Wildman–Crippen MR) is 63.4 cm³/mol. The van der Waals surface area contributed by atoms with Gasteiger partial charge in [0.15, 0.2) is 0 Å². The Morgan fingerprint density at radius 1 is 1.56 bits per heavy atom. The predicted octanol–water partition coefficient (Wildman–Crippen LogP) is 0.551. The molecule has 1 aliphatic carbocycles. The molecule has 0 aromatic heterocycles. The number of hydrogen-bond donors (Lipinski definition) is 2. The molecule has 6 heteroatoms. The Bertz CT molecular complexity index is 404. The lowest BCUT2D eigenvalue weighted by molar-refractivity contribution is -0.139. The van der Waals surface area contributed by atoms with Gasteiger partial charge in [0, 0.05) is 19.0 Å². The second-order valence-corrected chi connectivity index (χ2v) is 4.08. The highest BCUT2D eigenvalue weighted by atomic mass is 16.4. The molecule has 96 valence electrons. The van der Waals surface area contributed by atoms with Gasteiger partial charge in [-0.3, -0.25) is 0 Å². The lowest BCUT2D eigenvalue weighted by Gasteiger charge is -2.23. The average molecular weight is 249 g/mol. The topological polar surface area (TPSA) is 93.4 Å². The third-order valence-electron chi connectivity index (χ3n) is 2.63. The summed E-state index contributed by atoms with van der Waals surface area (Å²) >= 11 is 0. The minimum Gasteiger partial charge on any atom is -0.480 e. The van der Waals surface area contributed by atoms with Gasteiger partial charge in [-0.25, -0.2) is 9.59 Å². The van der Waals surface area contributed by atoms with Crippen molar-refractivity contribution in [2.24, 2.45) is 0 Å². The molecule has 1 unspecified atom stereocenters. The van der Waals surface area contributed by atoms with E-state index in [9.17, 15) is 9.59 Å². The Hall–Kier alpha value is -2.21. The summed E-state index contributed by atoms with van der Waals surface area (Å²) < 4.78 is 0. The van der Waals surface area contributed by atoms with Crippen LogP contribution in [0.2, 0.25) is 0 Å². The van der Waals surface area contributed by atoms with Crippen molar-refractivity contribution in [3.05, 3.63) is 0 Å². The van der Waals surface area contributed by atoms with Crippen molar-refractivity contribution in [2.75, 3.05) is 6.54 Å². The van der Waals surface area contributed by atoms with Crippen LogP contribution in [-0.4, -0.2) is 40.6 Å². The first-order valence-electron chi connectivity index (χ1n) is 5.70. The van der Waals surface area contributed by atoms with Crippen LogP contribution in [0.25, 0.3) is 0 Å². The normalized spacial score (nSPS) is 15.0. The van der Waals surface area contributed by atoms with Crippen molar-refractivity contribution in [3.8, 4) is 18.4 Å². The number of terminal acetylenes is 1. The maximum absolute atomic E-state index is 11.9. The second-order valence-electron chi connectivity index (χ2n) is 4.08. The van der Waals surface area contributed by atoms with E-state index < -0.39 is 18.0 Å². The van der Waals surface area contributed by atoms with E-state index >= 15 is 0 Å². The molecule has 0 radical (unpaired) electrons. The zero-order valence-electron chi connectivity index (χ0n) is 9.93. The van der Waals surface area contributed by atoms with E-state index in [0.29, 0.717) is 6.54 Å². The largest absolute Gasteiger partial charge is 0.480 e. The van der Waals surface area contributed by atoms with Gasteiger partial charge in [0.2, 0.25) is 0 Å². The van der Waals surface area contributed by atoms with Gasteiger partial charge in [-0.1, -0.05) is 0 Å². The van der Waals surface area contributed by atoms with Crippen LogP contribution >= 0.6 is 0 Å². The van der Waals surface area contributed by atoms with Gasteiger partial charge < -0.3 is 15.3 Å². The van der Waals surface area contributed by atoms with Gasteiger partial charge in [0.05, 0.1) is 12.5 Å². The number of amides is 2. The molecule has 2 amide bonds. The number of hydrogen-bond acceptors (Lipinski definition) is 3. The quantitative estimate of drug-likeness (QED) is 0.672. The molecule has 1 atom stereocenters. The minimum atomic E-state index is -1.16. The molecule has 0 saturated heterocycles. The van der Waals surface area contributed by atoms with Crippen LogP contribution in [-0.2, 0) is 4.79 Å². The van der Waals surface area contributed by atoms with Gasteiger partial charge in [-0.2, -0.15) is 5.26 Å². The molecule has 2 N–H and O–H groups in total. The van der Waals surface area contributed by atoms with Gasteiger partial charge in [0.1, 0.15) is 6.04 Å². The number of nitrogens with zero attached hydrogens (tertiary/aromatic N) is 2. The first-order chi connectivity index (χ1) is 8.60. The minimum absolute atomic E-state index is 0.0577. The van der Waals surface area contributed by atoms with Crippen LogP contribution in [0.15, 0.2) is 0 Å². The average Bonchev–Trinajstić information content (AvgIpc) is 3.13. The number of carbonyl (C=O) groups excluding carboxylic acids is 1. The number of carboxylic acid groups (broad SMARTS) is 1. The van der Waals surface area contributed by atoms with Gasteiger partial charge in [-0.05, 0) is 12.8 Å². The Morgan fingerprint density at radius 2 is 2.22 bits per heavy atom. The number of urea groups is 1. The van der Waals surface area contributed by atoms with E-state index in [4.69, 9.17) is 16.8 Å². The molecule has 0 aliphatic heterocycles. The summed E-state index contributed by atoms with van der Waals surface area (Å²) in [6.07, 6.45) is 7.01. The molecule has 0 aromatic rings. The van der Waals surface area contributed by atoms with Crippen molar-refractivity contribution >= 4 is 12.0 Å². The molecule has 1 fully saturated rings. The third kappa shape index (κ3) is 3.99. The summed E-state index contributed by atoms with van der Waals surface area (Å²) in [6, 6.07) is 0.550. The fourth-order valence-electron chi connectivity index (χ4n) is 1.56. The number of nitriles is 1. The molecule has 1 aliphatic rings. The number of rotatable bonds is 6. The standard InChI is InChI=1S/C12H15N3O3/c1-2-4-10(11(16)17)14-12(18)15(8-3-7-13)9-5-6-9/h1,9-10H,3-6,8H2,(H,14,18)(H,16,17). The number of carbonyl (C=O) groups is 2. The molecule has 18 heavy (non-hydrogen) atoms. The number of aliphatic carboxylic acids is 1. The third-order valence-corrected chi connectivity index (χ3v) is 2.63. The lowest BCUT2D eigenvalue weighted by Crippen LogP contribution is -2.48. The van der Waals surface area contributed by atoms with Crippen molar-refractivity contribution in [1.29, 1.82) is 5.26 Å². The van der Waals surface area contributed by atoms with Crippen LogP contribution < -0.4 is 5.32 Å². The lowest BCUT2D eigenvalue weighted by atomic mass is 10.2. The van der Waals surface area contributed by atoms with Crippen molar-refractivity contribution in [2.45, 2.75) is 37.8 Å². The molecule has 0 spiro atoms. The maximum atomic E-state index is 11.9. The molecular weight excluding hydrogens is 234 g/mol. The van der Waals surface area contributed by atoms with Crippen molar-refractivity contribution < 1.29 is 14.7 Å². The molecule has 1 rings (SSSR count). The van der Waals surface area contributed by atoms with Crippen LogP contribution in [0, 0.1) is 23.7 Å². The summed E-state index contributed by atoms with van der Waals surface area (Å²) in [5, 5.41) is 19.8. The monoisotopic (exact) mass is 249 g/mol. The molecule has 0 bridgehead atoms. The summed E-state index contributed by atoms with van der Waals surface area (Å²) in [6.45, 7) is 0.315. The highest BCUT2D eigenvalue weighted by Crippen LogP contribution is 2.26. The first-order valence-corrected chi connectivity index (χ1v) is 5.70. The molecule has 1 saturated carbocycles. The van der Waals surface area contributed by atoms with Gasteiger partial charge in [-0.15, -0.1) is 12.3 Å². The van der Waals surface area contributed by atoms with E-state index in [1.54, 1.807) is 0 Å². The molecule has 0 heterocycles. The second kappa shape index (κ2) is 6.51. The van der Waals surface area contributed by atoms with Crippen LogP contribution in [0.5, 0.6) is 0 Å². The van der Waals surface area contributed by atoms with Crippen molar-refractivity contribution in [3.63, 3.8) is 0 Å². The van der Waals surface area contributed by atoms with Crippen LogP contribution in [0.3, 0.4) is 0 Å². The van der Waals surface area contributed by atoms with E-state index in [0.717, 1.165) is 12.8 Å². The molecule has 0 aromatic carbocycles. The fourth-order valence-corrected chi connectivity index (χ4v) is 1.56. The van der Waals surface area contributed by atoms with Gasteiger partial charge in [0.25, 0.3) is 0 Å². The van der Waals surface area contributed by atoms with Crippen LogP contribution in [0.1, 0.15) is 25.7 Å². The highest BCUT2D eigenvalue weighted by molar-refractivity contribution is 5.83. The summed E-state index contributed by atoms with van der Waals surface area (Å²) in [4.78, 5) is 24.3. The Labute approximate surface area is 106 Å². The SMILES string of the molecule is C#CCC(NC(=O)N(CCC#N)C1CC1)C(=O)O. The fraction of sp³-hybridized carbons (Fsp3) is 0.583. The van der Waals surface area contributed by atoms with E-state index in [2.05, 4.69) is 11.2 Å². The highest BCUT2D eigenvalue weighted by Gasteiger charge is 2.33. The van der Waals surface area contributed by atoms with E-state index in [1.165, 1.54) is 4.90 Å². The van der Waals surface area contributed by atoms with Crippen molar-refractivity contribution in [1.82, 2.24) is 10.2 Å². The zero-order chi connectivity index (χ0) is 13.5. The maximum Gasteiger partial charge on any atom is 0.327 e. The van der Waals surface area contributed by atoms with E-state index in [1.807, 2.05) is 6.07 Å². The van der Waals surface area contributed by atoms with Gasteiger partial charge >= 0.3 is 12.0 Å². The Morgan fingerprint density at radius 3 is 2.67 bits per heavy atom. The molecule has 6 nitrogen and oxygen atoms in total. The summed E-state index contributed by atoms with van der Waals surface area (Å²) in [5.74, 6) is 1.06. The smallest absolute Gasteiger partial charge is 0.327 e.